The molecule has 1 fully saturated rings. The van der Waals surface area contributed by atoms with Gasteiger partial charge in [0.1, 0.15) is 6.54 Å². The van der Waals surface area contributed by atoms with E-state index < -0.39 is 0 Å². The van der Waals surface area contributed by atoms with E-state index in [4.69, 9.17) is 0 Å². The first-order valence-corrected chi connectivity index (χ1v) is 7.29. The van der Waals surface area contributed by atoms with Crippen molar-refractivity contribution in [2.75, 3.05) is 7.11 Å². The first kappa shape index (κ1) is 15.0. The van der Waals surface area contributed by atoms with Crippen LogP contribution in [0.3, 0.4) is 0 Å². The standard InChI is InChI=1S/C14H24N4O2/c1-10-5-4-6-13(11(10)2)15-7-12-8-18(17-16-12)9-14(19)20-3/h8,10-11,13,15H,4-7,9H2,1-3H3/t10-,11-,13+/m0/s1. The van der Waals surface area contributed by atoms with Crippen LogP contribution in [0.25, 0.3) is 0 Å². The van der Waals surface area contributed by atoms with Gasteiger partial charge in [-0.1, -0.05) is 31.9 Å². The van der Waals surface area contributed by atoms with Crippen molar-refractivity contribution in [3.8, 4) is 0 Å². The fraction of sp³-hybridized carbons (Fsp3) is 0.786. The van der Waals surface area contributed by atoms with Crippen molar-refractivity contribution in [2.45, 2.75) is 52.2 Å². The third kappa shape index (κ3) is 3.79. The molecule has 0 unspecified atom stereocenters. The van der Waals surface area contributed by atoms with Crippen LogP contribution in [0.1, 0.15) is 38.8 Å². The van der Waals surface area contributed by atoms with Crippen LogP contribution in [0.4, 0.5) is 0 Å². The quantitative estimate of drug-likeness (QED) is 0.825. The van der Waals surface area contributed by atoms with Crippen LogP contribution in [-0.2, 0) is 22.6 Å². The Bertz CT molecular complexity index is 446. The molecular weight excluding hydrogens is 256 g/mol. The lowest BCUT2D eigenvalue weighted by Gasteiger charge is -2.34. The molecule has 3 atom stereocenters. The van der Waals surface area contributed by atoms with Gasteiger partial charge in [0.05, 0.1) is 19.0 Å². The van der Waals surface area contributed by atoms with Crippen LogP contribution >= 0.6 is 0 Å². The van der Waals surface area contributed by atoms with Crippen LogP contribution in [0.5, 0.6) is 0 Å². The van der Waals surface area contributed by atoms with Crippen molar-refractivity contribution in [1.29, 1.82) is 0 Å². The monoisotopic (exact) mass is 280 g/mol. The number of nitrogens with one attached hydrogen (secondary N) is 1. The number of esters is 1. The third-order valence-electron chi connectivity index (χ3n) is 4.36. The Kier molecular flexibility index (Phi) is 5.11. The second-order valence-corrected chi connectivity index (χ2v) is 5.74. The fourth-order valence-electron chi connectivity index (χ4n) is 2.80. The Balaban J connectivity index is 1.83. The highest BCUT2D eigenvalue weighted by Gasteiger charge is 2.26. The largest absolute Gasteiger partial charge is 0.468 e. The molecule has 0 saturated heterocycles. The van der Waals surface area contributed by atoms with E-state index >= 15 is 0 Å². The maximum atomic E-state index is 11.1. The van der Waals surface area contributed by atoms with Gasteiger partial charge in [-0.3, -0.25) is 4.79 Å². The molecule has 1 saturated carbocycles. The van der Waals surface area contributed by atoms with E-state index in [1.54, 1.807) is 6.20 Å². The lowest BCUT2D eigenvalue weighted by atomic mass is 9.78. The first-order valence-electron chi connectivity index (χ1n) is 7.29. The van der Waals surface area contributed by atoms with Gasteiger partial charge in [-0.2, -0.15) is 0 Å². The Morgan fingerprint density at radius 1 is 1.50 bits per heavy atom. The van der Waals surface area contributed by atoms with Crippen molar-refractivity contribution < 1.29 is 9.53 Å². The minimum atomic E-state index is -0.316. The molecule has 20 heavy (non-hydrogen) atoms. The average Bonchev–Trinajstić information content (AvgIpc) is 2.88. The summed E-state index contributed by atoms with van der Waals surface area (Å²) >= 11 is 0. The molecule has 0 radical (unpaired) electrons. The molecule has 6 nitrogen and oxygen atoms in total. The van der Waals surface area contributed by atoms with Gasteiger partial charge in [-0.05, 0) is 18.3 Å². The maximum absolute atomic E-state index is 11.1. The molecule has 1 N–H and O–H groups in total. The number of methoxy groups -OCH3 is 1. The van der Waals surface area contributed by atoms with E-state index in [0.717, 1.165) is 11.6 Å². The Morgan fingerprint density at radius 2 is 2.30 bits per heavy atom. The smallest absolute Gasteiger partial charge is 0.327 e. The molecule has 1 aliphatic rings. The van der Waals surface area contributed by atoms with Crippen molar-refractivity contribution in [3.05, 3.63) is 11.9 Å². The summed E-state index contributed by atoms with van der Waals surface area (Å²) in [5, 5.41) is 11.6. The minimum absolute atomic E-state index is 0.111. The predicted molar refractivity (Wildman–Crippen MR) is 74.8 cm³/mol. The lowest BCUT2D eigenvalue weighted by molar-refractivity contribution is -0.141. The van der Waals surface area contributed by atoms with Crippen molar-refractivity contribution in [2.24, 2.45) is 11.8 Å². The SMILES string of the molecule is COC(=O)Cn1cc(CN[C@@H]2CCC[C@H](C)[C@@H]2C)nn1. The molecule has 0 aliphatic heterocycles. The van der Waals surface area contributed by atoms with Gasteiger partial charge >= 0.3 is 5.97 Å². The summed E-state index contributed by atoms with van der Waals surface area (Å²) in [5.74, 6) is 1.15. The number of aromatic nitrogens is 3. The van der Waals surface area contributed by atoms with Gasteiger partial charge in [0.25, 0.3) is 0 Å². The molecule has 1 aliphatic carbocycles. The Morgan fingerprint density at radius 3 is 3.05 bits per heavy atom. The zero-order valence-electron chi connectivity index (χ0n) is 12.5. The van der Waals surface area contributed by atoms with Crippen LogP contribution in [0.15, 0.2) is 6.20 Å². The first-order chi connectivity index (χ1) is 9.60. The number of carbonyl (C=O) groups excluding carboxylic acids is 1. The molecule has 1 aromatic rings. The molecule has 6 heteroatoms. The summed E-state index contributed by atoms with van der Waals surface area (Å²) in [6.07, 6.45) is 5.63. The molecule has 0 aromatic carbocycles. The molecular formula is C14H24N4O2. The van der Waals surface area contributed by atoms with Gasteiger partial charge in [-0.25, -0.2) is 4.68 Å². The van der Waals surface area contributed by atoms with Crippen molar-refractivity contribution in [1.82, 2.24) is 20.3 Å². The second-order valence-electron chi connectivity index (χ2n) is 5.74. The summed E-state index contributed by atoms with van der Waals surface area (Å²) in [6.45, 7) is 5.45. The van der Waals surface area contributed by atoms with Gasteiger partial charge in [0.2, 0.25) is 0 Å². The lowest BCUT2D eigenvalue weighted by Crippen LogP contribution is -2.40. The molecule has 112 valence electrons. The number of hydrogen-bond acceptors (Lipinski definition) is 5. The van der Waals surface area contributed by atoms with E-state index in [0.29, 0.717) is 18.5 Å². The molecule has 0 bridgehead atoms. The normalized spacial score (nSPS) is 26.4. The van der Waals surface area contributed by atoms with Crippen LogP contribution in [0.2, 0.25) is 0 Å². The number of ether oxygens (including phenoxy) is 1. The number of hydrogen-bond donors (Lipinski definition) is 1. The number of carbonyl (C=O) groups is 1. The third-order valence-corrected chi connectivity index (χ3v) is 4.36. The Hall–Kier alpha value is -1.43. The zero-order chi connectivity index (χ0) is 14.5. The van der Waals surface area contributed by atoms with Gasteiger partial charge in [-0.15, -0.1) is 5.10 Å². The highest BCUT2D eigenvalue weighted by atomic mass is 16.5. The topological polar surface area (TPSA) is 69.0 Å². The molecule has 1 aromatic heterocycles. The van der Waals surface area contributed by atoms with E-state index in [2.05, 4.69) is 34.2 Å². The van der Waals surface area contributed by atoms with E-state index in [1.165, 1.54) is 31.1 Å². The summed E-state index contributed by atoms with van der Waals surface area (Å²) < 4.78 is 6.11. The highest BCUT2D eigenvalue weighted by molar-refractivity contribution is 5.68. The van der Waals surface area contributed by atoms with Crippen LogP contribution in [0, 0.1) is 11.8 Å². The maximum Gasteiger partial charge on any atom is 0.327 e. The zero-order valence-corrected chi connectivity index (χ0v) is 12.5. The molecule has 1 heterocycles. The van der Waals surface area contributed by atoms with Gasteiger partial charge in [0, 0.05) is 12.6 Å². The van der Waals surface area contributed by atoms with E-state index in [-0.39, 0.29) is 12.5 Å². The second kappa shape index (κ2) is 6.83. The van der Waals surface area contributed by atoms with Crippen LogP contribution in [-0.4, -0.2) is 34.1 Å². The highest BCUT2D eigenvalue weighted by Crippen LogP contribution is 2.29. The Labute approximate surface area is 119 Å². The van der Waals surface area contributed by atoms with Gasteiger partial charge in [0.15, 0.2) is 0 Å². The average molecular weight is 280 g/mol. The summed E-state index contributed by atoms with van der Waals surface area (Å²) in [7, 11) is 1.37. The minimum Gasteiger partial charge on any atom is -0.468 e. The van der Waals surface area contributed by atoms with E-state index in [9.17, 15) is 4.79 Å². The van der Waals surface area contributed by atoms with E-state index in [1.807, 2.05) is 0 Å². The van der Waals surface area contributed by atoms with Crippen molar-refractivity contribution in [3.63, 3.8) is 0 Å². The van der Waals surface area contributed by atoms with Gasteiger partial charge < -0.3 is 10.1 Å². The molecule has 2 rings (SSSR count). The molecule has 0 amide bonds. The summed E-state index contributed by atoms with van der Waals surface area (Å²) in [6, 6.07) is 0.546. The van der Waals surface area contributed by atoms with Crippen LogP contribution < -0.4 is 5.32 Å². The number of nitrogens with zero attached hydrogens (tertiary/aromatic N) is 3. The summed E-state index contributed by atoms with van der Waals surface area (Å²) in [5.41, 5.74) is 0.860. The molecule has 0 spiro atoms. The number of rotatable bonds is 5. The fourth-order valence-corrected chi connectivity index (χ4v) is 2.80. The predicted octanol–water partition coefficient (Wildman–Crippen LogP) is 1.37. The summed E-state index contributed by atoms with van der Waals surface area (Å²) in [4.78, 5) is 11.1. The van der Waals surface area contributed by atoms with Crippen molar-refractivity contribution >= 4 is 5.97 Å².